The van der Waals surface area contributed by atoms with Crippen LogP contribution in [0.1, 0.15) is 19.3 Å². The Balaban J connectivity index is 1.49. The van der Waals surface area contributed by atoms with Gasteiger partial charge in [-0.05, 0) is 37.1 Å². The monoisotopic (exact) mass is 369 g/mol. The first kappa shape index (κ1) is 18.1. The van der Waals surface area contributed by atoms with Crippen molar-refractivity contribution in [3.63, 3.8) is 0 Å². The molecule has 8 heteroatoms. The third-order valence-electron chi connectivity index (χ3n) is 4.75. The number of sulfonamides is 1. The SMILES string of the molecule is CS(=O)(=O)N(CCC(=O)N1CCN(c2ccc(F)cc2)CC1)C1CC1. The lowest BCUT2D eigenvalue weighted by atomic mass is 10.2. The van der Waals surface area contributed by atoms with Crippen molar-refractivity contribution in [1.82, 2.24) is 9.21 Å². The fraction of sp³-hybridized carbons (Fsp3) is 0.588. The van der Waals surface area contributed by atoms with Crippen LogP contribution >= 0.6 is 0 Å². The second-order valence-electron chi connectivity index (χ2n) is 6.70. The molecule has 0 N–H and O–H groups in total. The third-order valence-corrected chi connectivity index (χ3v) is 6.08. The summed E-state index contributed by atoms with van der Waals surface area (Å²) in [6.45, 7) is 2.84. The van der Waals surface area contributed by atoms with E-state index in [2.05, 4.69) is 4.90 Å². The molecule has 1 aliphatic carbocycles. The summed E-state index contributed by atoms with van der Waals surface area (Å²) < 4.78 is 38.0. The van der Waals surface area contributed by atoms with E-state index in [1.807, 2.05) is 0 Å². The van der Waals surface area contributed by atoms with Gasteiger partial charge in [0.15, 0.2) is 0 Å². The van der Waals surface area contributed by atoms with Crippen LogP contribution < -0.4 is 4.90 Å². The van der Waals surface area contributed by atoms with Gasteiger partial charge in [-0.25, -0.2) is 12.8 Å². The highest BCUT2D eigenvalue weighted by Crippen LogP contribution is 2.29. The Kier molecular flexibility index (Phi) is 5.29. The van der Waals surface area contributed by atoms with Gasteiger partial charge in [-0.1, -0.05) is 0 Å². The molecular formula is C17H24FN3O3S. The Bertz CT molecular complexity index is 711. The number of nitrogens with zero attached hydrogens (tertiary/aromatic N) is 3. The number of benzene rings is 1. The molecule has 6 nitrogen and oxygen atoms in total. The lowest BCUT2D eigenvalue weighted by Crippen LogP contribution is -2.49. The van der Waals surface area contributed by atoms with Gasteiger partial charge >= 0.3 is 0 Å². The Morgan fingerprint density at radius 2 is 1.76 bits per heavy atom. The predicted molar refractivity (Wildman–Crippen MR) is 94.4 cm³/mol. The number of rotatable bonds is 6. The highest BCUT2D eigenvalue weighted by molar-refractivity contribution is 7.88. The topological polar surface area (TPSA) is 60.9 Å². The standard InChI is InChI=1S/C17H24FN3O3S/c1-25(23,24)21(16-6-7-16)9-8-17(22)20-12-10-19(11-13-20)15-4-2-14(18)3-5-15/h2-5,16H,6-13H2,1H3. The van der Waals surface area contributed by atoms with E-state index in [9.17, 15) is 17.6 Å². The highest BCUT2D eigenvalue weighted by atomic mass is 32.2. The molecule has 1 aromatic carbocycles. The van der Waals surface area contributed by atoms with Crippen molar-refractivity contribution in [2.45, 2.75) is 25.3 Å². The van der Waals surface area contributed by atoms with Gasteiger partial charge in [0, 0.05) is 50.9 Å². The van der Waals surface area contributed by atoms with Crippen molar-refractivity contribution < 1.29 is 17.6 Å². The molecule has 0 unspecified atom stereocenters. The van der Waals surface area contributed by atoms with Crippen molar-refractivity contribution in [3.8, 4) is 0 Å². The number of piperazine rings is 1. The predicted octanol–water partition coefficient (Wildman–Crippen LogP) is 1.29. The number of hydrogen-bond donors (Lipinski definition) is 0. The first-order valence-electron chi connectivity index (χ1n) is 8.60. The van der Waals surface area contributed by atoms with Crippen LogP contribution in [0, 0.1) is 5.82 Å². The van der Waals surface area contributed by atoms with E-state index in [-0.39, 0.29) is 30.7 Å². The Morgan fingerprint density at radius 1 is 1.16 bits per heavy atom. The fourth-order valence-electron chi connectivity index (χ4n) is 3.21. The van der Waals surface area contributed by atoms with Crippen LogP contribution in [0.25, 0.3) is 0 Å². The van der Waals surface area contributed by atoms with Crippen LogP contribution in [0.5, 0.6) is 0 Å². The molecule has 138 valence electrons. The maximum atomic E-state index is 13.0. The summed E-state index contributed by atoms with van der Waals surface area (Å²) >= 11 is 0. The number of carbonyl (C=O) groups is 1. The summed E-state index contributed by atoms with van der Waals surface area (Å²) in [5, 5.41) is 0. The van der Waals surface area contributed by atoms with Gasteiger partial charge in [0.1, 0.15) is 5.82 Å². The van der Waals surface area contributed by atoms with Gasteiger partial charge in [-0.3, -0.25) is 4.79 Å². The van der Waals surface area contributed by atoms with Crippen LogP contribution in [0.3, 0.4) is 0 Å². The van der Waals surface area contributed by atoms with Gasteiger partial charge in [0.2, 0.25) is 15.9 Å². The van der Waals surface area contributed by atoms with Crippen LogP contribution in [0.4, 0.5) is 10.1 Å². The molecule has 1 saturated heterocycles. The minimum Gasteiger partial charge on any atom is -0.368 e. The lowest BCUT2D eigenvalue weighted by molar-refractivity contribution is -0.131. The molecule has 0 atom stereocenters. The number of carbonyl (C=O) groups excluding carboxylic acids is 1. The van der Waals surface area contributed by atoms with Crippen molar-refractivity contribution in [1.29, 1.82) is 0 Å². The lowest BCUT2D eigenvalue weighted by Gasteiger charge is -2.36. The van der Waals surface area contributed by atoms with E-state index in [0.717, 1.165) is 18.5 Å². The van der Waals surface area contributed by atoms with E-state index in [0.29, 0.717) is 26.2 Å². The average Bonchev–Trinajstić information content (AvgIpc) is 3.39. The molecule has 1 aliphatic heterocycles. The first-order chi connectivity index (χ1) is 11.8. The molecule has 1 heterocycles. The van der Waals surface area contributed by atoms with E-state index < -0.39 is 10.0 Å². The van der Waals surface area contributed by atoms with Crippen LogP contribution in [-0.2, 0) is 14.8 Å². The van der Waals surface area contributed by atoms with Gasteiger partial charge in [0.25, 0.3) is 0 Å². The summed E-state index contributed by atoms with van der Waals surface area (Å²) in [7, 11) is -3.25. The third kappa shape index (κ3) is 4.70. The first-order valence-corrected chi connectivity index (χ1v) is 10.4. The van der Waals surface area contributed by atoms with Crippen molar-refractivity contribution in [2.75, 3.05) is 43.9 Å². The maximum Gasteiger partial charge on any atom is 0.224 e. The fourth-order valence-corrected chi connectivity index (χ4v) is 4.39. The van der Waals surface area contributed by atoms with E-state index in [1.54, 1.807) is 17.0 Å². The van der Waals surface area contributed by atoms with Crippen LogP contribution in [0.15, 0.2) is 24.3 Å². The van der Waals surface area contributed by atoms with Crippen LogP contribution in [0.2, 0.25) is 0 Å². The minimum absolute atomic E-state index is 0.00643. The average molecular weight is 369 g/mol. The van der Waals surface area contributed by atoms with E-state index >= 15 is 0 Å². The summed E-state index contributed by atoms with van der Waals surface area (Å²) in [4.78, 5) is 16.3. The largest absolute Gasteiger partial charge is 0.368 e. The molecular weight excluding hydrogens is 345 g/mol. The number of hydrogen-bond acceptors (Lipinski definition) is 4. The van der Waals surface area contributed by atoms with Gasteiger partial charge in [-0.15, -0.1) is 0 Å². The molecule has 0 radical (unpaired) electrons. The summed E-state index contributed by atoms with van der Waals surface area (Å²) in [6, 6.07) is 6.44. The molecule has 3 rings (SSSR count). The summed E-state index contributed by atoms with van der Waals surface area (Å²) in [6.07, 6.45) is 3.20. The number of amides is 1. The van der Waals surface area contributed by atoms with Crippen molar-refractivity contribution in [3.05, 3.63) is 30.1 Å². The molecule has 1 aromatic rings. The molecule has 0 aromatic heterocycles. The molecule has 25 heavy (non-hydrogen) atoms. The molecule has 1 amide bonds. The maximum absolute atomic E-state index is 13.0. The van der Waals surface area contributed by atoms with Gasteiger partial charge in [0.05, 0.1) is 6.26 Å². The summed E-state index contributed by atoms with van der Waals surface area (Å²) in [5.41, 5.74) is 0.950. The quantitative estimate of drug-likeness (QED) is 0.758. The zero-order valence-corrected chi connectivity index (χ0v) is 15.2. The Morgan fingerprint density at radius 3 is 2.28 bits per heavy atom. The van der Waals surface area contributed by atoms with Crippen molar-refractivity contribution in [2.24, 2.45) is 0 Å². The van der Waals surface area contributed by atoms with Gasteiger partial charge < -0.3 is 9.80 Å². The van der Waals surface area contributed by atoms with Crippen LogP contribution in [-0.4, -0.2) is 68.6 Å². The van der Waals surface area contributed by atoms with E-state index in [4.69, 9.17) is 0 Å². The molecule has 0 spiro atoms. The highest BCUT2D eigenvalue weighted by Gasteiger charge is 2.35. The number of halogens is 1. The normalized spacial score (nSPS) is 18.7. The Hall–Kier alpha value is -1.67. The number of anilines is 1. The molecule has 0 bridgehead atoms. The Labute approximate surface area is 148 Å². The summed E-state index contributed by atoms with van der Waals surface area (Å²) in [5.74, 6) is -0.267. The van der Waals surface area contributed by atoms with E-state index in [1.165, 1.54) is 22.7 Å². The minimum atomic E-state index is -3.25. The second kappa shape index (κ2) is 7.29. The smallest absolute Gasteiger partial charge is 0.224 e. The molecule has 2 aliphatic rings. The zero-order chi connectivity index (χ0) is 18.0. The van der Waals surface area contributed by atoms with Crippen molar-refractivity contribution >= 4 is 21.6 Å². The second-order valence-corrected chi connectivity index (χ2v) is 8.63. The molecule has 2 fully saturated rings. The molecule has 1 saturated carbocycles. The van der Waals surface area contributed by atoms with Gasteiger partial charge in [-0.2, -0.15) is 4.31 Å². The zero-order valence-electron chi connectivity index (χ0n) is 14.4.